The van der Waals surface area contributed by atoms with Gasteiger partial charge in [-0.2, -0.15) is 0 Å². The van der Waals surface area contributed by atoms with Crippen molar-refractivity contribution in [1.29, 1.82) is 0 Å². The molecule has 0 spiro atoms. The van der Waals surface area contributed by atoms with Crippen molar-refractivity contribution in [3.8, 4) is 0 Å². The molecule has 0 saturated carbocycles. The summed E-state index contributed by atoms with van der Waals surface area (Å²) in [5.74, 6) is 0.754. The Bertz CT molecular complexity index is 574. The highest BCUT2D eigenvalue weighted by atomic mass is 16.1. The Balaban J connectivity index is 2.81. The first-order valence-electron chi connectivity index (χ1n) is 5.40. The normalized spacial score (nSPS) is 12.2. The first-order valence-corrected chi connectivity index (χ1v) is 5.40. The lowest BCUT2D eigenvalue weighted by Crippen LogP contribution is -2.32. The fourth-order valence-electron chi connectivity index (χ4n) is 1.73. The zero-order valence-corrected chi connectivity index (χ0v) is 10.0. The zero-order valence-electron chi connectivity index (χ0n) is 10.0. The predicted octanol–water partition coefficient (Wildman–Crippen LogP) is 1.44. The third-order valence-corrected chi connectivity index (χ3v) is 2.46. The summed E-state index contributed by atoms with van der Waals surface area (Å²) < 4.78 is 1.67. The van der Waals surface area contributed by atoms with Gasteiger partial charge in [0.05, 0.1) is 6.20 Å². The minimum absolute atomic E-state index is 0.134. The van der Waals surface area contributed by atoms with E-state index in [1.165, 1.54) is 0 Å². The predicted molar refractivity (Wildman–Crippen MR) is 62.5 cm³/mol. The van der Waals surface area contributed by atoms with Gasteiger partial charge >= 0.3 is 5.69 Å². The summed E-state index contributed by atoms with van der Waals surface area (Å²) >= 11 is 0. The third kappa shape index (κ3) is 1.62. The fourth-order valence-corrected chi connectivity index (χ4v) is 1.73. The second-order valence-corrected chi connectivity index (χ2v) is 4.81. The van der Waals surface area contributed by atoms with Crippen LogP contribution in [0.15, 0.2) is 11.0 Å². The molecule has 2 aromatic rings. The number of aromatic amines is 1. The largest absolute Gasteiger partial charge is 0.328 e. The van der Waals surface area contributed by atoms with Gasteiger partial charge in [0.15, 0.2) is 5.65 Å². The van der Waals surface area contributed by atoms with Gasteiger partial charge in [-0.3, -0.25) is 4.57 Å². The highest BCUT2D eigenvalue weighted by Gasteiger charge is 2.20. The van der Waals surface area contributed by atoms with Crippen molar-refractivity contribution < 1.29 is 0 Å². The van der Waals surface area contributed by atoms with Gasteiger partial charge in [-0.1, -0.05) is 6.92 Å². The number of aromatic nitrogens is 4. The number of rotatable bonds is 1. The van der Waals surface area contributed by atoms with Crippen LogP contribution in [-0.2, 0) is 12.0 Å². The Kier molecular flexibility index (Phi) is 2.33. The molecule has 0 bridgehead atoms. The average molecular weight is 220 g/mol. The maximum Gasteiger partial charge on any atom is 0.328 e. The lowest BCUT2D eigenvalue weighted by Gasteiger charge is -2.19. The molecule has 0 radical (unpaired) electrons. The molecule has 1 N–H and O–H groups in total. The summed E-state index contributed by atoms with van der Waals surface area (Å²) in [6, 6.07) is 0. The Labute approximate surface area is 93.5 Å². The molecule has 0 aliphatic heterocycles. The molecule has 0 aliphatic rings. The summed E-state index contributed by atoms with van der Waals surface area (Å²) in [7, 11) is 0. The van der Waals surface area contributed by atoms with Crippen LogP contribution in [-0.4, -0.2) is 19.5 Å². The lowest BCUT2D eigenvalue weighted by atomic mass is 10.1. The lowest BCUT2D eigenvalue weighted by molar-refractivity contribution is 0.395. The van der Waals surface area contributed by atoms with Crippen molar-refractivity contribution in [2.45, 2.75) is 39.7 Å². The van der Waals surface area contributed by atoms with Crippen molar-refractivity contribution in [2.24, 2.45) is 0 Å². The molecular weight excluding hydrogens is 204 g/mol. The van der Waals surface area contributed by atoms with Gasteiger partial charge in [0.1, 0.15) is 11.3 Å². The summed E-state index contributed by atoms with van der Waals surface area (Å²) in [5, 5.41) is 0. The van der Waals surface area contributed by atoms with Crippen LogP contribution in [0.25, 0.3) is 11.2 Å². The first kappa shape index (κ1) is 10.9. The van der Waals surface area contributed by atoms with E-state index in [1.54, 1.807) is 10.8 Å². The molecule has 86 valence electrons. The highest BCUT2D eigenvalue weighted by Crippen LogP contribution is 2.17. The van der Waals surface area contributed by atoms with Gasteiger partial charge in [-0.25, -0.2) is 14.8 Å². The highest BCUT2D eigenvalue weighted by molar-refractivity contribution is 5.69. The fraction of sp³-hybridized carbons (Fsp3) is 0.545. The molecular formula is C11H16N4O. The second-order valence-electron chi connectivity index (χ2n) is 4.81. The van der Waals surface area contributed by atoms with Crippen LogP contribution >= 0.6 is 0 Å². The quantitative estimate of drug-likeness (QED) is 0.790. The Hall–Kier alpha value is -1.65. The Morgan fingerprint density at radius 1 is 1.44 bits per heavy atom. The molecule has 0 aliphatic carbocycles. The minimum atomic E-state index is -0.283. The summed E-state index contributed by atoms with van der Waals surface area (Å²) in [4.78, 5) is 23.2. The summed E-state index contributed by atoms with van der Waals surface area (Å²) in [6.45, 7) is 7.94. The van der Waals surface area contributed by atoms with Gasteiger partial charge in [0.25, 0.3) is 0 Å². The van der Waals surface area contributed by atoms with E-state index in [-0.39, 0.29) is 11.2 Å². The van der Waals surface area contributed by atoms with Crippen molar-refractivity contribution in [3.05, 3.63) is 22.5 Å². The van der Waals surface area contributed by atoms with Gasteiger partial charge < -0.3 is 4.98 Å². The topological polar surface area (TPSA) is 63.6 Å². The SMILES string of the molecule is CCc1ncc2[nH]c(=O)n(C(C)(C)C)c2n1. The number of imidazole rings is 1. The van der Waals surface area contributed by atoms with Crippen LogP contribution in [0.4, 0.5) is 0 Å². The molecule has 5 heteroatoms. The van der Waals surface area contributed by atoms with Crippen LogP contribution in [0.3, 0.4) is 0 Å². The average Bonchev–Trinajstić information content (AvgIpc) is 2.51. The maximum atomic E-state index is 11.8. The molecule has 0 atom stereocenters. The molecule has 2 heterocycles. The summed E-state index contributed by atoms with van der Waals surface area (Å²) in [6.07, 6.45) is 2.43. The van der Waals surface area contributed by atoms with Crippen molar-refractivity contribution >= 4 is 11.2 Å². The van der Waals surface area contributed by atoms with E-state index in [0.29, 0.717) is 11.2 Å². The van der Waals surface area contributed by atoms with E-state index in [1.807, 2.05) is 27.7 Å². The number of hydrogen-bond acceptors (Lipinski definition) is 3. The van der Waals surface area contributed by atoms with E-state index in [2.05, 4.69) is 15.0 Å². The van der Waals surface area contributed by atoms with E-state index in [9.17, 15) is 4.79 Å². The number of nitrogens with one attached hydrogen (secondary N) is 1. The van der Waals surface area contributed by atoms with Gasteiger partial charge in [0, 0.05) is 12.0 Å². The van der Waals surface area contributed by atoms with Crippen LogP contribution in [0.1, 0.15) is 33.5 Å². The van der Waals surface area contributed by atoms with Crippen molar-refractivity contribution in [1.82, 2.24) is 19.5 Å². The molecule has 16 heavy (non-hydrogen) atoms. The van der Waals surface area contributed by atoms with E-state index >= 15 is 0 Å². The number of hydrogen-bond donors (Lipinski definition) is 1. The maximum absolute atomic E-state index is 11.8. The number of fused-ring (bicyclic) bond motifs is 1. The van der Waals surface area contributed by atoms with E-state index in [0.717, 1.165) is 12.2 Å². The number of H-pyrrole nitrogens is 1. The number of aryl methyl sites for hydroxylation is 1. The minimum Gasteiger partial charge on any atom is -0.303 e. The van der Waals surface area contributed by atoms with Crippen molar-refractivity contribution in [2.75, 3.05) is 0 Å². The van der Waals surface area contributed by atoms with Gasteiger partial charge in [-0.15, -0.1) is 0 Å². The molecule has 5 nitrogen and oxygen atoms in total. The van der Waals surface area contributed by atoms with Crippen molar-refractivity contribution in [3.63, 3.8) is 0 Å². The molecule has 0 amide bonds. The first-order chi connectivity index (χ1) is 7.43. The molecule has 0 saturated heterocycles. The molecule has 0 unspecified atom stereocenters. The second kappa shape index (κ2) is 3.43. The summed E-state index contributed by atoms with van der Waals surface area (Å²) in [5.41, 5.74) is 0.959. The smallest absolute Gasteiger partial charge is 0.303 e. The van der Waals surface area contributed by atoms with Gasteiger partial charge in [0.2, 0.25) is 0 Å². The third-order valence-electron chi connectivity index (χ3n) is 2.46. The zero-order chi connectivity index (χ0) is 11.9. The van der Waals surface area contributed by atoms with Gasteiger partial charge in [-0.05, 0) is 20.8 Å². The Morgan fingerprint density at radius 2 is 2.12 bits per heavy atom. The van der Waals surface area contributed by atoms with Crippen LogP contribution in [0.2, 0.25) is 0 Å². The van der Waals surface area contributed by atoms with E-state index in [4.69, 9.17) is 0 Å². The monoisotopic (exact) mass is 220 g/mol. The molecule has 2 rings (SSSR count). The van der Waals surface area contributed by atoms with Crippen LogP contribution in [0.5, 0.6) is 0 Å². The van der Waals surface area contributed by atoms with Crippen LogP contribution < -0.4 is 5.69 Å². The standard InChI is InChI=1S/C11H16N4O/c1-5-8-12-6-7-9(14-8)15(10(16)13-7)11(2,3)4/h6H,5H2,1-4H3,(H,13,16). The van der Waals surface area contributed by atoms with Crippen LogP contribution in [0, 0.1) is 0 Å². The number of nitrogens with zero attached hydrogens (tertiary/aromatic N) is 3. The molecule has 0 aromatic carbocycles. The molecule has 0 fully saturated rings. The molecule has 2 aromatic heterocycles. The van der Waals surface area contributed by atoms with E-state index < -0.39 is 0 Å². The Morgan fingerprint density at radius 3 is 2.69 bits per heavy atom.